The second-order valence-electron chi connectivity index (χ2n) is 6.37. The number of methoxy groups -OCH3 is 3. The summed E-state index contributed by atoms with van der Waals surface area (Å²) in [4.78, 5) is 2.34. The van der Waals surface area contributed by atoms with Gasteiger partial charge in [0.2, 0.25) is 0 Å². The fourth-order valence-corrected chi connectivity index (χ4v) is 3.26. The highest BCUT2D eigenvalue weighted by Gasteiger charge is 2.19. The number of hydrazone groups is 1. The van der Waals surface area contributed by atoms with Gasteiger partial charge in [-0.3, -0.25) is 5.01 Å². The molecule has 1 saturated heterocycles. The number of ether oxygens (including phenoxy) is 3. The molecule has 0 bridgehead atoms. The van der Waals surface area contributed by atoms with Gasteiger partial charge in [0, 0.05) is 18.7 Å². The van der Waals surface area contributed by atoms with Crippen LogP contribution in [0.3, 0.4) is 0 Å². The monoisotopic (exact) mass is 369 g/mol. The number of rotatable bonds is 6. The Kier molecular flexibility index (Phi) is 6.06. The maximum Gasteiger partial charge on any atom is 0.161 e. The number of hydrogen-bond acceptors (Lipinski definition) is 6. The highest BCUT2D eigenvalue weighted by molar-refractivity contribution is 5.99. The molecule has 1 aliphatic heterocycles. The molecule has 144 valence electrons. The Balaban J connectivity index is 1.67. The molecule has 0 atom stereocenters. The van der Waals surface area contributed by atoms with E-state index < -0.39 is 0 Å². The van der Waals surface area contributed by atoms with Crippen molar-refractivity contribution in [1.29, 1.82) is 0 Å². The molecule has 0 aromatic heterocycles. The largest absolute Gasteiger partial charge is 0.495 e. The predicted molar refractivity (Wildman–Crippen MR) is 109 cm³/mol. The lowest BCUT2D eigenvalue weighted by Gasteiger charge is -2.35. The number of hydrogen-bond donors (Lipinski definition) is 0. The Morgan fingerprint density at radius 2 is 1.48 bits per heavy atom. The molecule has 3 rings (SSSR count). The van der Waals surface area contributed by atoms with Crippen molar-refractivity contribution in [2.45, 2.75) is 6.92 Å². The fraction of sp³-hybridized carbons (Fsp3) is 0.381. The molecule has 0 N–H and O–H groups in total. The van der Waals surface area contributed by atoms with E-state index >= 15 is 0 Å². The summed E-state index contributed by atoms with van der Waals surface area (Å²) in [7, 11) is 5.00. The van der Waals surface area contributed by atoms with E-state index in [0.29, 0.717) is 5.75 Å². The highest BCUT2D eigenvalue weighted by atomic mass is 16.5. The van der Waals surface area contributed by atoms with Crippen LogP contribution in [0.1, 0.15) is 12.5 Å². The van der Waals surface area contributed by atoms with Gasteiger partial charge in [-0.15, -0.1) is 0 Å². The van der Waals surface area contributed by atoms with E-state index in [-0.39, 0.29) is 0 Å². The molecular weight excluding hydrogens is 342 g/mol. The number of nitrogens with zero attached hydrogens (tertiary/aromatic N) is 3. The van der Waals surface area contributed by atoms with Crippen molar-refractivity contribution < 1.29 is 14.2 Å². The minimum Gasteiger partial charge on any atom is -0.495 e. The van der Waals surface area contributed by atoms with Crippen LogP contribution in [-0.2, 0) is 0 Å². The van der Waals surface area contributed by atoms with Gasteiger partial charge in [-0.05, 0) is 37.3 Å². The lowest BCUT2D eigenvalue weighted by molar-refractivity contribution is 0.269. The smallest absolute Gasteiger partial charge is 0.161 e. The van der Waals surface area contributed by atoms with Crippen LogP contribution in [0.4, 0.5) is 5.69 Å². The van der Waals surface area contributed by atoms with Crippen molar-refractivity contribution in [3.8, 4) is 17.2 Å². The van der Waals surface area contributed by atoms with Gasteiger partial charge in [0.1, 0.15) is 5.75 Å². The van der Waals surface area contributed by atoms with Crippen LogP contribution in [0.15, 0.2) is 47.6 Å². The minimum atomic E-state index is 0.713. The summed E-state index contributed by atoms with van der Waals surface area (Å²) in [6.07, 6.45) is 0. The van der Waals surface area contributed by atoms with Crippen LogP contribution in [0.25, 0.3) is 0 Å². The average molecular weight is 369 g/mol. The molecule has 6 heteroatoms. The zero-order valence-corrected chi connectivity index (χ0v) is 16.4. The second kappa shape index (κ2) is 8.66. The van der Waals surface area contributed by atoms with Gasteiger partial charge in [0.15, 0.2) is 11.5 Å². The Labute approximate surface area is 160 Å². The van der Waals surface area contributed by atoms with Gasteiger partial charge in [-0.2, -0.15) is 5.10 Å². The third kappa shape index (κ3) is 4.27. The Bertz CT molecular complexity index is 799. The van der Waals surface area contributed by atoms with E-state index in [9.17, 15) is 0 Å². The first kappa shape index (κ1) is 18.9. The van der Waals surface area contributed by atoms with E-state index in [2.05, 4.69) is 16.0 Å². The minimum absolute atomic E-state index is 0.713. The topological polar surface area (TPSA) is 46.5 Å². The van der Waals surface area contributed by atoms with Crippen LogP contribution < -0.4 is 19.1 Å². The molecule has 0 unspecified atom stereocenters. The zero-order valence-electron chi connectivity index (χ0n) is 16.4. The first-order valence-corrected chi connectivity index (χ1v) is 9.06. The van der Waals surface area contributed by atoms with Crippen LogP contribution in [0.5, 0.6) is 17.2 Å². The number of piperazine rings is 1. The fourth-order valence-electron chi connectivity index (χ4n) is 3.26. The molecule has 0 saturated carbocycles. The molecule has 2 aromatic carbocycles. The SMILES string of the molecule is COc1ccc(C(C)=NN2CCN(c3ccccc3OC)CC2)cc1OC. The standard InChI is InChI=1S/C21H27N3O3/c1-16(17-9-10-20(26-3)21(15-17)27-4)22-24-13-11-23(12-14-24)18-7-5-6-8-19(18)25-2/h5-10,15H,11-14H2,1-4H3. The predicted octanol–water partition coefficient (Wildman–Crippen LogP) is 3.26. The first-order valence-electron chi connectivity index (χ1n) is 9.06. The molecule has 1 fully saturated rings. The van der Waals surface area contributed by atoms with Gasteiger partial charge in [-0.25, -0.2) is 0 Å². The Hall–Kier alpha value is -2.89. The zero-order chi connectivity index (χ0) is 19.2. The molecule has 2 aromatic rings. The van der Waals surface area contributed by atoms with Crippen molar-refractivity contribution in [3.63, 3.8) is 0 Å². The van der Waals surface area contributed by atoms with Crippen molar-refractivity contribution in [1.82, 2.24) is 5.01 Å². The summed E-state index contributed by atoms with van der Waals surface area (Å²) in [6, 6.07) is 14.0. The normalized spacial score (nSPS) is 14.9. The summed E-state index contributed by atoms with van der Waals surface area (Å²) >= 11 is 0. The van der Waals surface area contributed by atoms with E-state index in [0.717, 1.165) is 54.6 Å². The summed E-state index contributed by atoms with van der Waals surface area (Å²) in [5.41, 5.74) is 3.13. The van der Waals surface area contributed by atoms with E-state index in [1.54, 1.807) is 21.3 Å². The lowest BCUT2D eigenvalue weighted by Crippen LogP contribution is -2.44. The maximum absolute atomic E-state index is 5.48. The molecule has 0 amide bonds. The molecular formula is C21H27N3O3. The van der Waals surface area contributed by atoms with Crippen LogP contribution >= 0.6 is 0 Å². The Morgan fingerprint density at radius 3 is 2.15 bits per heavy atom. The average Bonchev–Trinajstić information content (AvgIpc) is 2.73. The summed E-state index contributed by atoms with van der Waals surface area (Å²) in [6.45, 7) is 5.56. The van der Waals surface area contributed by atoms with Crippen molar-refractivity contribution in [3.05, 3.63) is 48.0 Å². The van der Waals surface area contributed by atoms with Crippen LogP contribution in [0.2, 0.25) is 0 Å². The van der Waals surface area contributed by atoms with Crippen molar-refractivity contribution >= 4 is 11.4 Å². The van der Waals surface area contributed by atoms with E-state index in [1.165, 1.54) is 0 Å². The maximum atomic E-state index is 5.48. The molecule has 27 heavy (non-hydrogen) atoms. The van der Waals surface area contributed by atoms with Gasteiger partial charge in [0.05, 0.1) is 45.8 Å². The third-order valence-electron chi connectivity index (χ3n) is 4.77. The van der Waals surface area contributed by atoms with Gasteiger partial charge in [0.25, 0.3) is 0 Å². The number of para-hydroxylation sites is 2. The number of anilines is 1. The number of benzene rings is 2. The van der Waals surface area contributed by atoms with Gasteiger partial charge < -0.3 is 19.1 Å². The highest BCUT2D eigenvalue weighted by Crippen LogP contribution is 2.29. The Morgan fingerprint density at radius 1 is 0.815 bits per heavy atom. The quantitative estimate of drug-likeness (QED) is 0.732. The lowest BCUT2D eigenvalue weighted by atomic mass is 10.1. The van der Waals surface area contributed by atoms with E-state index in [1.807, 2.05) is 43.3 Å². The molecule has 1 aliphatic rings. The molecule has 0 spiro atoms. The second-order valence-corrected chi connectivity index (χ2v) is 6.37. The molecule has 6 nitrogen and oxygen atoms in total. The van der Waals surface area contributed by atoms with Crippen molar-refractivity contribution in [2.24, 2.45) is 5.10 Å². The molecule has 0 aliphatic carbocycles. The third-order valence-corrected chi connectivity index (χ3v) is 4.77. The van der Waals surface area contributed by atoms with Gasteiger partial charge >= 0.3 is 0 Å². The summed E-state index contributed by atoms with van der Waals surface area (Å²) in [5, 5.41) is 6.93. The molecule has 1 heterocycles. The summed E-state index contributed by atoms with van der Waals surface area (Å²) < 4.78 is 16.2. The van der Waals surface area contributed by atoms with Crippen LogP contribution in [0, 0.1) is 0 Å². The first-order chi connectivity index (χ1) is 13.2. The van der Waals surface area contributed by atoms with Gasteiger partial charge in [-0.1, -0.05) is 12.1 Å². The summed E-state index contributed by atoms with van der Waals surface area (Å²) in [5.74, 6) is 2.35. The van der Waals surface area contributed by atoms with Crippen LogP contribution in [-0.4, -0.2) is 58.2 Å². The van der Waals surface area contributed by atoms with Crippen molar-refractivity contribution in [2.75, 3.05) is 52.4 Å². The molecule has 0 radical (unpaired) electrons. The van der Waals surface area contributed by atoms with E-state index in [4.69, 9.17) is 19.3 Å².